The Morgan fingerprint density at radius 3 is 2.42 bits per heavy atom. The molecule has 33 heavy (non-hydrogen) atoms. The van der Waals surface area contributed by atoms with Gasteiger partial charge in [0, 0.05) is 29.5 Å². The van der Waals surface area contributed by atoms with Crippen molar-refractivity contribution < 1.29 is 28.6 Å². The van der Waals surface area contributed by atoms with Crippen molar-refractivity contribution >= 4 is 17.7 Å². The predicted molar refractivity (Wildman–Crippen MR) is 123 cm³/mol. The average molecular weight is 456 g/mol. The van der Waals surface area contributed by atoms with Gasteiger partial charge in [-0.2, -0.15) is 0 Å². The van der Waals surface area contributed by atoms with Crippen LogP contribution in [-0.2, 0) is 28.6 Å². The normalized spacial score (nSPS) is 22.6. The summed E-state index contributed by atoms with van der Waals surface area (Å²) in [5, 5.41) is 3.26. The van der Waals surface area contributed by atoms with Crippen molar-refractivity contribution in [1.29, 1.82) is 0 Å². The molecule has 3 rings (SSSR count). The van der Waals surface area contributed by atoms with Gasteiger partial charge in [0.25, 0.3) is 0 Å². The fourth-order valence-electron chi connectivity index (χ4n) is 4.56. The summed E-state index contributed by atoms with van der Waals surface area (Å²) < 4.78 is 15.9. The van der Waals surface area contributed by atoms with Gasteiger partial charge >= 0.3 is 11.9 Å². The maximum atomic E-state index is 13.6. The van der Waals surface area contributed by atoms with Crippen LogP contribution in [0.2, 0.25) is 0 Å². The second-order valence-corrected chi connectivity index (χ2v) is 8.69. The minimum Gasteiger partial charge on any atom is -0.468 e. The summed E-state index contributed by atoms with van der Waals surface area (Å²) in [5.74, 6) is -3.10. The maximum Gasteiger partial charge on any atom is 0.336 e. The van der Waals surface area contributed by atoms with E-state index in [1.54, 1.807) is 0 Å². The van der Waals surface area contributed by atoms with E-state index in [2.05, 4.69) is 5.32 Å². The Bertz CT molecular complexity index is 975. The molecule has 7 heteroatoms. The van der Waals surface area contributed by atoms with Crippen LogP contribution >= 0.6 is 0 Å². The highest BCUT2D eigenvalue weighted by molar-refractivity contribution is 6.12. The topological polar surface area (TPSA) is 90.9 Å². The Morgan fingerprint density at radius 1 is 1.09 bits per heavy atom. The number of hydrogen-bond donors (Lipinski definition) is 1. The van der Waals surface area contributed by atoms with E-state index < -0.39 is 23.8 Å². The van der Waals surface area contributed by atoms with Gasteiger partial charge in [0.05, 0.1) is 19.3 Å². The Kier molecular flexibility index (Phi) is 8.08. The van der Waals surface area contributed by atoms with Crippen LogP contribution in [0.1, 0.15) is 50.7 Å². The number of Topliss-reactive ketones (excluding diaryl/α,β-unsaturated/α-hetero) is 1. The molecule has 3 atom stereocenters. The molecular formula is C26H33NO6. The lowest BCUT2D eigenvalue weighted by molar-refractivity contribution is -0.151. The Labute approximate surface area is 195 Å². The molecule has 0 fully saturated rings. The van der Waals surface area contributed by atoms with E-state index in [4.69, 9.17) is 14.2 Å². The minimum atomic E-state index is -0.901. The Balaban J connectivity index is 2.01. The van der Waals surface area contributed by atoms with Crippen LogP contribution in [0.5, 0.6) is 0 Å². The number of methoxy groups -OCH3 is 1. The lowest BCUT2D eigenvalue weighted by atomic mass is 9.69. The zero-order valence-corrected chi connectivity index (χ0v) is 20.0. The van der Waals surface area contributed by atoms with Gasteiger partial charge in [-0.15, -0.1) is 0 Å². The van der Waals surface area contributed by atoms with Crippen LogP contribution < -0.4 is 5.32 Å². The van der Waals surface area contributed by atoms with Gasteiger partial charge in [-0.1, -0.05) is 43.7 Å². The summed E-state index contributed by atoms with van der Waals surface area (Å²) in [6.07, 6.45) is 1.39. The summed E-state index contributed by atoms with van der Waals surface area (Å²) >= 11 is 0. The van der Waals surface area contributed by atoms with Crippen LogP contribution in [0.3, 0.4) is 0 Å². The van der Waals surface area contributed by atoms with E-state index in [9.17, 15) is 14.4 Å². The van der Waals surface area contributed by atoms with E-state index in [1.165, 1.54) is 7.11 Å². The van der Waals surface area contributed by atoms with Crippen LogP contribution in [0.4, 0.5) is 0 Å². The first-order valence-electron chi connectivity index (χ1n) is 11.4. The third-order valence-electron chi connectivity index (χ3n) is 6.18. The van der Waals surface area contributed by atoms with E-state index >= 15 is 0 Å². The fourth-order valence-corrected chi connectivity index (χ4v) is 4.56. The molecule has 1 aromatic carbocycles. The molecule has 0 saturated heterocycles. The van der Waals surface area contributed by atoms with Crippen LogP contribution in [0.15, 0.2) is 46.8 Å². The largest absolute Gasteiger partial charge is 0.468 e. The minimum absolute atomic E-state index is 0.123. The number of allylic oxidation sites excluding steroid dienone is 3. The summed E-state index contributed by atoms with van der Waals surface area (Å²) in [7, 11) is 1.29. The van der Waals surface area contributed by atoms with Crippen molar-refractivity contribution in [2.24, 2.45) is 11.8 Å². The molecule has 0 saturated carbocycles. The molecule has 0 spiro atoms. The van der Waals surface area contributed by atoms with Crippen LogP contribution in [0.25, 0.3) is 0 Å². The quantitative estimate of drug-likeness (QED) is 0.364. The van der Waals surface area contributed by atoms with Gasteiger partial charge in [-0.05, 0) is 38.2 Å². The molecule has 1 aliphatic heterocycles. The molecule has 0 unspecified atom stereocenters. The second kappa shape index (κ2) is 10.8. The molecule has 0 aromatic heterocycles. The first-order chi connectivity index (χ1) is 15.8. The monoisotopic (exact) mass is 455 g/mol. The number of hydrogen-bond acceptors (Lipinski definition) is 7. The van der Waals surface area contributed by atoms with Gasteiger partial charge in [-0.25, -0.2) is 4.79 Å². The van der Waals surface area contributed by atoms with Gasteiger partial charge in [0.2, 0.25) is 0 Å². The molecule has 1 aliphatic carbocycles. The molecule has 178 valence electrons. The number of ketones is 1. The van der Waals surface area contributed by atoms with Gasteiger partial charge in [0.1, 0.15) is 12.5 Å². The van der Waals surface area contributed by atoms with Crippen molar-refractivity contribution in [3.8, 4) is 0 Å². The van der Waals surface area contributed by atoms with Crippen molar-refractivity contribution in [2.45, 2.75) is 46.5 Å². The number of benzene rings is 1. The highest BCUT2D eigenvalue weighted by Crippen LogP contribution is 2.45. The third kappa shape index (κ3) is 5.19. The summed E-state index contributed by atoms with van der Waals surface area (Å²) in [5.41, 5.74) is 4.08. The predicted octanol–water partition coefficient (Wildman–Crippen LogP) is 3.58. The first kappa shape index (κ1) is 24.7. The van der Waals surface area contributed by atoms with Gasteiger partial charge < -0.3 is 19.5 Å². The van der Waals surface area contributed by atoms with E-state index in [0.29, 0.717) is 36.5 Å². The highest BCUT2D eigenvalue weighted by Gasteiger charge is 2.47. The standard InChI is InChI=1S/C26H33NO6/c1-6-11-32-12-13-33-26(30)21-17(4)27-19-14-16(3)20(25(29)31-5)24(28)23(19)22(21)18-9-7-15(2)8-10-18/h7-10,16,20,22,27H,6,11-14H2,1-5H3/t16-,20-,22+/m0/s1. The summed E-state index contributed by atoms with van der Waals surface area (Å²) in [6, 6.07) is 7.73. The number of rotatable bonds is 8. The average Bonchev–Trinajstić information content (AvgIpc) is 2.78. The van der Waals surface area contributed by atoms with Crippen molar-refractivity contribution in [3.63, 3.8) is 0 Å². The van der Waals surface area contributed by atoms with Crippen LogP contribution in [-0.4, -0.2) is 44.7 Å². The summed E-state index contributed by atoms with van der Waals surface area (Å²) in [6.45, 7) is 8.70. The number of ether oxygens (including phenoxy) is 3. The van der Waals surface area contributed by atoms with Gasteiger partial charge in [-0.3, -0.25) is 9.59 Å². The SMILES string of the molecule is CCCOCCOC(=O)C1=C(C)NC2=C(C(=O)[C@@H](C(=O)OC)[C@@H](C)C2)[C@@H]1c1ccc(C)cc1. The summed E-state index contributed by atoms with van der Waals surface area (Å²) in [4.78, 5) is 39.3. The van der Waals surface area contributed by atoms with Crippen molar-refractivity contribution in [2.75, 3.05) is 26.9 Å². The zero-order valence-electron chi connectivity index (χ0n) is 20.0. The molecule has 1 N–H and O–H groups in total. The smallest absolute Gasteiger partial charge is 0.336 e. The fraction of sp³-hybridized carbons (Fsp3) is 0.500. The number of aryl methyl sites for hydroxylation is 1. The molecule has 0 amide bonds. The van der Waals surface area contributed by atoms with E-state index in [1.807, 2.05) is 52.0 Å². The van der Waals surface area contributed by atoms with Crippen LogP contribution in [0, 0.1) is 18.8 Å². The number of carbonyl (C=O) groups is 3. The molecule has 2 aliphatic rings. The molecule has 1 aromatic rings. The lowest BCUT2D eigenvalue weighted by Gasteiger charge is -2.38. The number of dihydropyridines is 1. The molecule has 1 heterocycles. The molecular weight excluding hydrogens is 422 g/mol. The Hall–Kier alpha value is -2.93. The number of esters is 2. The number of carbonyl (C=O) groups excluding carboxylic acids is 3. The molecule has 0 radical (unpaired) electrons. The number of nitrogens with one attached hydrogen (secondary N) is 1. The maximum absolute atomic E-state index is 13.6. The van der Waals surface area contributed by atoms with E-state index in [0.717, 1.165) is 23.2 Å². The highest BCUT2D eigenvalue weighted by atomic mass is 16.6. The van der Waals surface area contributed by atoms with Crippen molar-refractivity contribution in [3.05, 3.63) is 57.9 Å². The van der Waals surface area contributed by atoms with E-state index in [-0.39, 0.29) is 18.3 Å². The Morgan fingerprint density at radius 2 is 1.79 bits per heavy atom. The zero-order chi connectivity index (χ0) is 24.1. The lowest BCUT2D eigenvalue weighted by Crippen LogP contribution is -2.43. The molecule has 0 bridgehead atoms. The molecule has 7 nitrogen and oxygen atoms in total. The second-order valence-electron chi connectivity index (χ2n) is 8.69. The van der Waals surface area contributed by atoms with Crippen molar-refractivity contribution in [1.82, 2.24) is 5.32 Å². The first-order valence-corrected chi connectivity index (χ1v) is 11.4. The third-order valence-corrected chi connectivity index (χ3v) is 6.18. The van der Waals surface area contributed by atoms with Gasteiger partial charge in [0.15, 0.2) is 5.78 Å².